The number of hydrogen-bond acceptors (Lipinski definition) is 3. The Morgan fingerprint density at radius 2 is 2.12 bits per heavy atom. The summed E-state index contributed by atoms with van der Waals surface area (Å²) in [5.74, 6) is 1.47. The summed E-state index contributed by atoms with van der Waals surface area (Å²) in [4.78, 5) is 6.66. The normalized spacial score (nSPS) is 20.9. The molecule has 134 valence electrons. The molecule has 1 fully saturated rings. The highest BCUT2D eigenvalue weighted by Gasteiger charge is 2.24. The van der Waals surface area contributed by atoms with Gasteiger partial charge in [0.1, 0.15) is 18.2 Å². The summed E-state index contributed by atoms with van der Waals surface area (Å²) in [6.07, 6.45) is 2.79. The molecule has 2 atom stereocenters. The van der Waals surface area contributed by atoms with Crippen LogP contribution >= 0.6 is 0 Å². The van der Waals surface area contributed by atoms with E-state index in [4.69, 9.17) is 4.74 Å². The lowest BCUT2D eigenvalue weighted by molar-refractivity contribution is 0.136. The Kier molecular flexibility index (Phi) is 7.31. The second-order valence-corrected chi connectivity index (χ2v) is 6.18. The van der Waals surface area contributed by atoms with Gasteiger partial charge in [-0.3, -0.25) is 4.99 Å². The predicted octanol–water partition coefficient (Wildman–Crippen LogP) is 2.26. The largest absolute Gasteiger partial charge is 0.492 e. The fraction of sp³-hybridized carbons (Fsp3) is 0.611. The van der Waals surface area contributed by atoms with Crippen molar-refractivity contribution in [2.75, 3.05) is 33.3 Å². The van der Waals surface area contributed by atoms with Crippen LogP contribution in [-0.2, 0) is 0 Å². The zero-order chi connectivity index (χ0) is 17.4. The molecule has 1 aliphatic rings. The minimum atomic E-state index is -0.268. The lowest BCUT2D eigenvalue weighted by Gasteiger charge is -2.23. The minimum Gasteiger partial charge on any atom is -0.492 e. The predicted molar refractivity (Wildman–Crippen MR) is 93.9 cm³/mol. The Morgan fingerprint density at radius 3 is 2.75 bits per heavy atom. The summed E-state index contributed by atoms with van der Waals surface area (Å²) < 4.78 is 18.5. The molecule has 0 radical (unpaired) electrons. The molecule has 1 aromatic rings. The zero-order valence-corrected chi connectivity index (χ0v) is 14.5. The Labute approximate surface area is 143 Å². The van der Waals surface area contributed by atoms with Gasteiger partial charge in [-0.1, -0.05) is 6.42 Å². The first kappa shape index (κ1) is 18.5. The standard InChI is InChI=1S/C18H28FN3O2/c1-3-20-18(21-13-14-5-4-6-17(14)23)22(2)11-12-24-16-9-7-15(19)8-10-16/h7-10,14,17,23H,3-6,11-13H2,1-2H3,(H,20,21). The summed E-state index contributed by atoms with van der Waals surface area (Å²) in [7, 11) is 1.96. The molecule has 2 rings (SSSR count). The van der Waals surface area contributed by atoms with Gasteiger partial charge in [0.05, 0.1) is 12.6 Å². The summed E-state index contributed by atoms with van der Waals surface area (Å²) in [6.45, 7) is 4.61. The number of aliphatic hydroxyl groups is 1. The van der Waals surface area contributed by atoms with Gasteiger partial charge in [0.2, 0.25) is 0 Å². The van der Waals surface area contributed by atoms with Crippen LogP contribution in [0.2, 0.25) is 0 Å². The van der Waals surface area contributed by atoms with Crippen molar-refractivity contribution in [2.24, 2.45) is 10.9 Å². The molecule has 2 N–H and O–H groups in total. The number of halogens is 1. The first-order valence-corrected chi connectivity index (χ1v) is 8.66. The molecule has 0 aromatic heterocycles. The summed E-state index contributed by atoms with van der Waals surface area (Å²) >= 11 is 0. The number of aliphatic hydroxyl groups excluding tert-OH is 1. The van der Waals surface area contributed by atoms with Gasteiger partial charge < -0.3 is 20.1 Å². The van der Waals surface area contributed by atoms with Crippen molar-refractivity contribution < 1.29 is 14.2 Å². The van der Waals surface area contributed by atoms with Crippen molar-refractivity contribution in [1.29, 1.82) is 0 Å². The van der Waals surface area contributed by atoms with E-state index in [-0.39, 0.29) is 17.8 Å². The Morgan fingerprint density at radius 1 is 1.38 bits per heavy atom. The van der Waals surface area contributed by atoms with Crippen LogP contribution in [0.4, 0.5) is 4.39 Å². The molecule has 6 heteroatoms. The number of nitrogens with zero attached hydrogens (tertiary/aromatic N) is 2. The van der Waals surface area contributed by atoms with Crippen LogP contribution in [0, 0.1) is 11.7 Å². The van der Waals surface area contributed by atoms with E-state index in [1.807, 2.05) is 18.9 Å². The lowest BCUT2D eigenvalue weighted by atomic mass is 10.1. The highest BCUT2D eigenvalue weighted by Crippen LogP contribution is 2.25. The fourth-order valence-corrected chi connectivity index (χ4v) is 2.84. The van der Waals surface area contributed by atoms with Crippen molar-refractivity contribution in [2.45, 2.75) is 32.3 Å². The van der Waals surface area contributed by atoms with Crippen LogP contribution in [0.15, 0.2) is 29.3 Å². The smallest absolute Gasteiger partial charge is 0.193 e. The topological polar surface area (TPSA) is 57.1 Å². The number of nitrogens with one attached hydrogen (secondary N) is 1. The third-order valence-electron chi connectivity index (χ3n) is 4.30. The molecule has 0 aliphatic heterocycles. The van der Waals surface area contributed by atoms with Crippen LogP contribution in [0.25, 0.3) is 0 Å². The molecule has 2 unspecified atom stereocenters. The van der Waals surface area contributed by atoms with E-state index in [9.17, 15) is 9.50 Å². The number of aliphatic imine (C=N–C) groups is 1. The SMILES string of the molecule is CCNC(=NCC1CCCC1O)N(C)CCOc1ccc(F)cc1. The van der Waals surface area contributed by atoms with Crippen LogP contribution in [0.5, 0.6) is 5.75 Å². The van der Waals surface area contributed by atoms with E-state index in [2.05, 4.69) is 10.3 Å². The maximum Gasteiger partial charge on any atom is 0.193 e. The van der Waals surface area contributed by atoms with Gasteiger partial charge >= 0.3 is 0 Å². The molecule has 1 saturated carbocycles. The van der Waals surface area contributed by atoms with E-state index in [1.165, 1.54) is 12.1 Å². The second-order valence-electron chi connectivity index (χ2n) is 6.18. The maximum atomic E-state index is 12.9. The first-order valence-electron chi connectivity index (χ1n) is 8.66. The fourth-order valence-electron chi connectivity index (χ4n) is 2.84. The number of rotatable bonds is 7. The molecule has 0 saturated heterocycles. The average Bonchev–Trinajstić information content (AvgIpc) is 2.98. The molecule has 0 bridgehead atoms. The van der Waals surface area contributed by atoms with Crippen LogP contribution < -0.4 is 10.1 Å². The van der Waals surface area contributed by atoms with Gasteiger partial charge in [-0.25, -0.2) is 4.39 Å². The minimum absolute atomic E-state index is 0.219. The van der Waals surface area contributed by atoms with Gasteiger partial charge in [0.25, 0.3) is 0 Å². The average molecular weight is 337 g/mol. The molecule has 0 amide bonds. The Hall–Kier alpha value is -1.82. The molecule has 0 heterocycles. The number of benzene rings is 1. The van der Waals surface area contributed by atoms with Crippen molar-refractivity contribution in [1.82, 2.24) is 10.2 Å². The number of likely N-dealkylation sites (N-methyl/N-ethyl adjacent to an activating group) is 1. The van der Waals surface area contributed by atoms with Crippen molar-refractivity contribution >= 4 is 5.96 Å². The first-order chi connectivity index (χ1) is 11.6. The lowest BCUT2D eigenvalue weighted by Crippen LogP contribution is -2.41. The van der Waals surface area contributed by atoms with Crippen molar-refractivity contribution in [3.63, 3.8) is 0 Å². The van der Waals surface area contributed by atoms with Gasteiger partial charge in [-0.2, -0.15) is 0 Å². The van der Waals surface area contributed by atoms with E-state index >= 15 is 0 Å². The molecular formula is C18H28FN3O2. The quantitative estimate of drug-likeness (QED) is 0.592. The number of guanidine groups is 1. The van der Waals surface area contributed by atoms with Gasteiger partial charge in [-0.15, -0.1) is 0 Å². The van der Waals surface area contributed by atoms with Crippen LogP contribution in [0.1, 0.15) is 26.2 Å². The monoisotopic (exact) mass is 337 g/mol. The van der Waals surface area contributed by atoms with Gasteiger partial charge in [0, 0.05) is 26.1 Å². The second kappa shape index (κ2) is 9.47. The highest BCUT2D eigenvalue weighted by molar-refractivity contribution is 5.79. The number of hydrogen-bond donors (Lipinski definition) is 2. The maximum absolute atomic E-state index is 12.9. The van der Waals surface area contributed by atoms with Crippen molar-refractivity contribution in [3.8, 4) is 5.75 Å². The third-order valence-corrected chi connectivity index (χ3v) is 4.30. The van der Waals surface area contributed by atoms with Crippen LogP contribution in [-0.4, -0.2) is 55.4 Å². The molecular weight excluding hydrogens is 309 g/mol. The van der Waals surface area contributed by atoms with E-state index < -0.39 is 0 Å². The summed E-state index contributed by atoms with van der Waals surface area (Å²) in [5, 5.41) is 13.2. The molecule has 24 heavy (non-hydrogen) atoms. The highest BCUT2D eigenvalue weighted by atomic mass is 19.1. The zero-order valence-electron chi connectivity index (χ0n) is 14.5. The van der Waals surface area contributed by atoms with Gasteiger partial charge in [-0.05, 0) is 44.0 Å². The molecule has 1 aromatic carbocycles. The third kappa shape index (κ3) is 5.67. The Bertz CT molecular complexity index is 522. The Balaban J connectivity index is 1.81. The van der Waals surface area contributed by atoms with Crippen LogP contribution in [0.3, 0.4) is 0 Å². The van der Waals surface area contributed by atoms with Crippen molar-refractivity contribution in [3.05, 3.63) is 30.1 Å². The van der Waals surface area contributed by atoms with Gasteiger partial charge in [0.15, 0.2) is 5.96 Å². The van der Waals surface area contributed by atoms with E-state index in [0.717, 1.165) is 31.8 Å². The van der Waals surface area contributed by atoms with E-state index in [1.54, 1.807) is 12.1 Å². The molecule has 0 spiro atoms. The molecule has 1 aliphatic carbocycles. The summed E-state index contributed by atoms with van der Waals surface area (Å²) in [5.41, 5.74) is 0. The summed E-state index contributed by atoms with van der Waals surface area (Å²) in [6, 6.07) is 6.02. The van der Waals surface area contributed by atoms with E-state index in [0.29, 0.717) is 25.4 Å². The molecule has 5 nitrogen and oxygen atoms in total. The number of ether oxygens (including phenoxy) is 1.